The summed E-state index contributed by atoms with van der Waals surface area (Å²) >= 11 is 0. The van der Waals surface area contributed by atoms with Crippen LogP contribution in [0.1, 0.15) is 35.2 Å². The number of ether oxygens (including phenoxy) is 1. The molecule has 1 saturated heterocycles. The lowest BCUT2D eigenvalue weighted by molar-refractivity contribution is -0.385. The summed E-state index contributed by atoms with van der Waals surface area (Å²) in [4.78, 5) is 24.7. The van der Waals surface area contributed by atoms with E-state index in [0.29, 0.717) is 37.4 Å². The third kappa shape index (κ3) is 5.15. The topological polar surface area (TPSA) is 98.7 Å². The van der Waals surface area contributed by atoms with Crippen LogP contribution in [0.2, 0.25) is 0 Å². The maximum absolute atomic E-state index is 12.5. The van der Waals surface area contributed by atoms with Gasteiger partial charge in [-0.1, -0.05) is 0 Å². The van der Waals surface area contributed by atoms with Crippen molar-refractivity contribution in [2.75, 3.05) is 26.2 Å². The molecule has 0 saturated carbocycles. The molecular weight excluding hydrogens is 334 g/mol. The smallest absolute Gasteiger partial charge is 0.272 e. The molecule has 1 heterocycles. The molecule has 24 heavy (non-hydrogen) atoms. The zero-order chi connectivity index (χ0) is 16.8. The number of carbonyl (C=O) groups excluding carboxylic acids is 1. The fourth-order valence-electron chi connectivity index (χ4n) is 2.73. The molecule has 8 heteroatoms. The van der Waals surface area contributed by atoms with Gasteiger partial charge < -0.3 is 15.4 Å². The van der Waals surface area contributed by atoms with Crippen molar-refractivity contribution in [1.29, 1.82) is 0 Å². The first-order chi connectivity index (χ1) is 11.0. The molecule has 0 unspecified atom stereocenters. The Balaban J connectivity index is 0.00000288. The second-order valence-corrected chi connectivity index (χ2v) is 5.76. The first-order valence-electron chi connectivity index (χ1n) is 7.89. The van der Waals surface area contributed by atoms with Crippen LogP contribution >= 0.6 is 12.4 Å². The first kappa shape index (κ1) is 20.3. The van der Waals surface area contributed by atoms with Gasteiger partial charge in [-0.2, -0.15) is 0 Å². The second-order valence-electron chi connectivity index (χ2n) is 5.76. The molecule has 0 spiro atoms. The Morgan fingerprint density at radius 3 is 2.62 bits per heavy atom. The van der Waals surface area contributed by atoms with E-state index in [9.17, 15) is 14.9 Å². The standard InChI is InChI=1S/C16H23N3O4.ClH/c1-12-11-13(3-4-15(12)19(21)22)16(20)18-8-5-14(6-9-18)23-10-2-7-17;/h3-4,11,14H,2,5-10,17H2,1H3;1H. The number of hydrogen-bond donors (Lipinski definition) is 1. The number of rotatable bonds is 6. The third-order valence-electron chi connectivity index (χ3n) is 4.07. The third-order valence-corrected chi connectivity index (χ3v) is 4.07. The van der Waals surface area contributed by atoms with Crippen LogP contribution in [0.4, 0.5) is 5.69 Å². The number of nitrogens with two attached hydrogens (primary N) is 1. The lowest BCUT2D eigenvalue weighted by Crippen LogP contribution is -2.41. The molecule has 2 rings (SSSR count). The summed E-state index contributed by atoms with van der Waals surface area (Å²) in [6.07, 6.45) is 2.65. The van der Waals surface area contributed by atoms with Gasteiger partial charge in [0.05, 0.1) is 11.0 Å². The van der Waals surface area contributed by atoms with Gasteiger partial charge in [0.25, 0.3) is 11.6 Å². The highest BCUT2D eigenvalue weighted by Crippen LogP contribution is 2.21. The van der Waals surface area contributed by atoms with Crippen molar-refractivity contribution in [3.05, 3.63) is 39.4 Å². The van der Waals surface area contributed by atoms with Crippen LogP contribution in [0.3, 0.4) is 0 Å². The number of halogens is 1. The van der Waals surface area contributed by atoms with Crippen LogP contribution in [0.5, 0.6) is 0 Å². The minimum atomic E-state index is -0.437. The van der Waals surface area contributed by atoms with Crippen molar-refractivity contribution in [2.45, 2.75) is 32.3 Å². The highest BCUT2D eigenvalue weighted by molar-refractivity contribution is 5.94. The van der Waals surface area contributed by atoms with Crippen molar-refractivity contribution in [2.24, 2.45) is 5.73 Å². The quantitative estimate of drug-likeness (QED) is 0.478. The largest absolute Gasteiger partial charge is 0.378 e. The number of nitro benzene ring substituents is 1. The summed E-state index contributed by atoms with van der Waals surface area (Å²) in [5.41, 5.74) is 6.47. The zero-order valence-corrected chi connectivity index (χ0v) is 14.6. The molecule has 1 aliphatic heterocycles. The fourth-order valence-corrected chi connectivity index (χ4v) is 2.73. The number of carbonyl (C=O) groups is 1. The van der Waals surface area contributed by atoms with Crippen LogP contribution in [-0.2, 0) is 4.74 Å². The van der Waals surface area contributed by atoms with Crippen molar-refractivity contribution in [1.82, 2.24) is 4.90 Å². The average molecular weight is 358 g/mol. The molecule has 0 atom stereocenters. The summed E-state index contributed by atoms with van der Waals surface area (Å²) in [7, 11) is 0. The highest BCUT2D eigenvalue weighted by Gasteiger charge is 2.24. The van der Waals surface area contributed by atoms with Crippen LogP contribution in [0.25, 0.3) is 0 Å². The highest BCUT2D eigenvalue weighted by atomic mass is 35.5. The molecule has 1 aromatic carbocycles. The lowest BCUT2D eigenvalue weighted by atomic mass is 10.0. The van der Waals surface area contributed by atoms with Gasteiger partial charge in [-0.15, -0.1) is 12.4 Å². The van der Waals surface area contributed by atoms with Gasteiger partial charge in [0, 0.05) is 36.9 Å². The van der Waals surface area contributed by atoms with E-state index >= 15 is 0 Å². The number of amides is 1. The summed E-state index contributed by atoms with van der Waals surface area (Å²) in [5.74, 6) is -0.0802. The number of aryl methyl sites for hydroxylation is 1. The fraction of sp³-hybridized carbons (Fsp3) is 0.562. The minimum Gasteiger partial charge on any atom is -0.378 e. The normalized spacial score (nSPS) is 15.0. The van der Waals surface area contributed by atoms with Crippen LogP contribution in [0.15, 0.2) is 18.2 Å². The van der Waals surface area contributed by atoms with Crippen LogP contribution < -0.4 is 5.73 Å². The Morgan fingerprint density at radius 1 is 1.42 bits per heavy atom. The Labute approximate surface area is 147 Å². The van der Waals surface area contributed by atoms with E-state index < -0.39 is 4.92 Å². The number of likely N-dealkylation sites (tertiary alicyclic amines) is 1. The SMILES string of the molecule is Cc1cc(C(=O)N2CCC(OCCCN)CC2)ccc1[N+](=O)[O-].Cl. The van der Waals surface area contributed by atoms with Crippen LogP contribution in [0, 0.1) is 17.0 Å². The summed E-state index contributed by atoms with van der Waals surface area (Å²) in [5, 5.41) is 10.8. The Bertz CT molecular complexity index is 574. The van der Waals surface area contributed by atoms with E-state index in [-0.39, 0.29) is 30.1 Å². The van der Waals surface area contributed by atoms with Crippen molar-refractivity contribution < 1.29 is 14.5 Å². The maximum Gasteiger partial charge on any atom is 0.272 e. The molecule has 2 N–H and O–H groups in total. The van der Waals surface area contributed by atoms with E-state index in [2.05, 4.69) is 0 Å². The van der Waals surface area contributed by atoms with E-state index in [4.69, 9.17) is 10.5 Å². The first-order valence-corrected chi connectivity index (χ1v) is 7.89. The zero-order valence-electron chi connectivity index (χ0n) is 13.8. The number of benzene rings is 1. The van der Waals surface area contributed by atoms with Crippen LogP contribution in [-0.4, -0.2) is 48.1 Å². The minimum absolute atomic E-state index is 0. The number of nitrogens with zero attached hydrogens (tertiary/aromatic N) is 2. The molecule has 0 aliphatic carbocycles. The molecule has 1 aromatic rings. The van der Waals surface area contributed by atoms with Crippen molar-refractivity contribution in [3.63, 3.8) is 0 Å². The molecule has 1 aliphatic rings. The van der Waals surface area contributed by atoms with Gasteiger partial charge in [0.2, 0.25) is 0 Å². The Morgan fingerprint density at radius 2 is 2.08 bits per heavy atom. The monoisotopic (exact) mass is 357 g/mol. The van der Waals surface area contributed by atoms with Gasteiger partial charge in [-0.3, -0.25) is 14.9 Å². The maximum atomic E-state index is 12.5. The molecule has 1 amide bonds. The van der Waals surface area contributed by atoms with Gasteiger partial charge in [-0.25, -0.2) is 0 Å². The predicted octanol–water partition coefficient (Wildman–Crippen LogP) is 2.30. The lowest BCUT2D eigenvalue weighted by Gasteiger charge is -2.32. The van der Waals surface area contributed by atoms with Gasteiger partial charge in [-0.05, 0) is 44.9 Å². The van der Waals surface area contributed by atoms with E-state index in [1.165, 1.54) is 12.1 Å². The number of nitro groups is 1. The van der Waals surface area contributed by atoms with Gasteiger partial charge in [0.1, 0.15) is 0 Å². The molecule has 1 fully saturated rings. The second kappa shape index (κ2) is 9.56. The number of piperidine rings is 1. The van der Waals surface area contributed by atoms with E-state index in [1.807, 2.05) is 0 Å². The summed E-state index contributed by atoms with van der Waals surface area (Å²) in [6.45, 7) is 4.21. The Hall–Kier alpha value is -1.70. The average Bonchev–Trinajstić information content (AvgIpc) is 2.54. The number of hydrogen-bond acceptors (Lipinski definition) is 5. The Kier molecular flexibility index (Phi) is 8.10. The van der Waals surface area contributed by atoms with Gasteiger partial charge in [0.15, 0.2) is 0 Å². The molecule has 7 nitrogen and oxygen atoms in total. The van der Waals surface area contributed by atoms with E-state index in [1.54, 1.807) is 17.9 Å². The molecule has 0 bridgehead atoms. The molecule has 0 radical (unpaired) electrons. The van der Waals surface area contributed by atoms with Gasteiger partial charge >= 0.3 is 0 Å². The molecular formula is C16H24ClN3O4. The van der Waals surface area contributed by atoms with E-state index in [0.717, 1.165) is 19.3 Å². The predicted molar refractivity (Wildman–Crippen MR) is 93.6 cm³/mol. The molecule has 0 aromatic heterocycles. The summed E-state index contributed by atoms with van der Waals surface area (Å²) in [6, 6.07) is 4.51. The summed E-state index contributed by atoms with van der Waals surface area (Å²) < 4.78 is 5.73. The van der Waals surface area contributed by atoms with Crippen molar-refractivity contribution in [3.8, 4) is 0 Å². The molecule has 134 valence electrons. The van der Waals surface area contributed by atoms with Crippen molar-refractivity contribution >= 4 is 24.0 Å².